The fourth-order valence-corrected chi connectivity index (χ4v) is 2.69. The van der Waals surface area contributed by atoms with Crippen molar-refractivity contribution in [1.29, 1.82) is 0 Å². The van der Waals surface area contributed by atoms with Crippen molar-refractivity contribution in [1.82, 2.24) is 9.80 Å². The first-order valence-electron chi connectivity index (χ1n) is 7.63. The van der Waals surface area contributed by atoms with Crippen LogP contribution in [0.1, 0.15) is 55.4 Å². The molecule has 20 heavy (non-hydrogen) atoms. The first-order valence-corrected chi connectivity index (χ1v) is 7.63. The van der Waals surface area contributed by atoms with E-state index in [9.17, 15) is 4.79 Å². The summed E-state index contributed by atoms with van der Waals surface area (Å²) in [6.45, 7) is 19.4. The third-order valence-electron chi connectivity index (χ3n) is 3.41. The first kappa shape index (κ1) is 17.3. The summed E-state index contributed by atoms with van der Waals surface area (Å²) >= 11 is 0. The Hall–Kier alpha value is -0.770. The van der Waals surface area contributed by atoms with E-state index in [1.165, 1.54) is 0 Å². The summed E-state index contributed by atoms with van der Waals surface area (Å²) in [6, 6.07) is 0.732. The number of rotatable bonds is 1. The lowest BCUT2D eigenvalue weighted by Crippen LogP contribution is -2.59. The first-order chi connectivity index (χ1) is 8.89. The number of amides is 1. The molecular weight excluding hydrogens is 252 g/mol. The van der Waals surface area contributed by atoms with Crippen LogP contribution in [0.2, 0.25) is 0 Å². The van der Waals surface area contributed by atoms with Crippen LogP contribution in [-0.2, 0) is 4.74 Å². The Balaban J connectivity index is 2.66. The molecule has 4 heteroatoms. The van der Waals surface area contributed by atoms with Gasteiger partial charge in [0.15, 0.2) is 0 Å². The predicted octanol–water partition coefficient (Wildman–Crippen LogP) is 3.36. The summed E-state index contributed by atoms with van der Waals surface area (Å²) in [5.41, 5.74) is -0.150. The molecule has 0 unspecified atom stereocenters. The van der Waals surface area contributed by atoms with Crippen molar-refractivity contribution < 1.29 is 9.53 Å². The lowest BCUT2D eigenvalue weighted by Gasteiger charge is -2.46. The second-order valence-electron chi connectivity index (χ2n) is 8.32. The van der Waals surface area contributed by atoms with Gasteiger partial charge in [0.1, 0.15) is 5.60 Å². The van der Waals surface area contributed by atoms with E-state index in [-0.39, 0.29) is 11.5 Å². The third kappa shape index (κ3) is 5.31. The van der Waals surface area contributed by atoms with Crippen LogP contribution >= 0.6 is 0 Å². The number of carbonyl (C=O) groups excluding carboxylic acids is 1. The van der Waals surface area contributed by atoms with Crippen molar-refractivity contribution in [3.05, 3.63) is 0 Å². The smallest absolute Gasteiger partial charge is 0.410 e. The van der Waals surface area contributed by atoms with Crippen molar-refractivity contribution >= 4 is 6.09 Å². The molecular formula is C16H32N2O2. The maximum atomic E-state index is 12.2. The predicted molar refractivity (Wildman–Crippen MR) is 82.9 cm³/mol. The van der Waals surface area contributed by atoms with E-state index in [0.717, 1.165) is 19.6 Å². The largest absolute Gasteiger partial charge is 0.444 e. The Morgan fingerprint density at radius 2 is 1.50 bits per heavy atom. The summed E-state index contributed by atoms with van der Waals surface area (Å²) in [5, 5.41) is 0. The van der Waals surface area contributed by atoms with Gasteiger partial charge in [-0.2, -0.15) is 0 Å². The molecule has 0 aromatic rings. The van der Waals surface area contributed by atoms with Crippen molar-refractivity contribution in [2.75, 3.05) is 19.6 Å². The fourth-order valence-electron chi connectivity index (χ4n) is 2.69. The molecule has 4 nitrogen and oxygen atoms in total. The lowest BCUT2D eigenvalue weighted by atomic mass is 9.93. The van der Waals surface area contributed by atoms with Crippen molar-refractivity contribution in [3.63, 3.8) is 0 Å². The van der Waals surface area contributed by atoms with Gasteiger partial charge < -0.3 is 9.64 Å². The number of nitrogens with zero attached hydrogens (tertiary/aromatic N) is 2. The molecule has 1 amide bonds. The number of piperazine rings is 1. The quantitative estimate of drug-likeness (QED) is 0.740. The zero-order valence-electron chi connectivity index (χ0n) is 14.5. The Kier molecular flexibility index (Phi) is 5.12. The van der Waals surface area contributed by atoms with E-state index in [4.69, 9.17) is 4.74 Å². The zero-order valence-corrected chi connectivity index (χ0v) is 14.5. The average Bonchev–Trinajstić information content (AvgIpc) is 2.19. The highest BCUT2D eigenvalue weighted by Gasteiger charge is 2.35. The highest BCUT2D eigenvalue weighted by molar-refractivity contribution is 5.68. The van der Waals surface area contributed by atoms with Crippen LogP contribution in [0.3, 0.4) is 0 Å². The number of ether oxygens (including phenoxy) is 1. The minimum Gasteiger partial charge on any atom is -0.444 e. The van der Waals surface area contributed by atoms with Gasteiger partial charge in [0, 0.05) is 31.7 Å². The monoisotopic (exact) mass is 284 g/mol. The lowest BCUT2D eigenvalue weighted by molar-refractivity contribution is -0.0151. The molecule has 2 atom stereocenters. The van der Waals surface area contributed by atoms with Gasteiger partial charge in [-0.25, -0.2) is 4.79 Å². The summed E-state index contributed by atoms with van der Waals surface area (Å²) in [4.78, 5) is 16.5. The van der Waals surface area contributed by atoms with Crippen LogP contribution in [-0.4, -0.2) is 53.2 Å². The number of hydrogen-bond acceptors (Lipinski definition) is 3. The van der Waals surface area contributed by atoms with E-state index < -0.39 is 5.60 Å². The van der Waals surface area contributed by atoms with E-state index in [2.05, 4.69) is 39.5 Å². The maximum Gasteiger partial charge on any atom is 0.410 e. The minimum atomic E-state index is -0.425. The second kappa shape index (κ2) is 5.92. The van der Waals surface area contributed by atoms with Crippen LogP contribution < -0.4 is 0 Å². The second-order valence-corrected chi connectivity index (χ2v) is 8.32. The van der Waals surface area contributed by atoms with Gasteiger partial charge in [-0.05, 0) is 40.0 Å². The molecule has 1 aliphatic rings. The molecule has 0 aromatic carbocycles. The molecule has 0 saturated carbocycles. The van der Waals surface area contributed by atoms with E-state index in [1.54, 1.807) is 0 Å². The standard InChI is InChI=1S/C16H32N2O2/c1-12-9-17(14(19)20-16(6,7)8)10-13(2)18(12)11-15(3,4)5/h12-13H,9-11H2,1-8H3/t12-,13+. The van der Waals surface area contributed by atoms with Crippen LogP contribution in [0.15, 0.2) is 0 Å². The summed E-state index contributed by atoms with van der Waals surface area (Å²) < 4.78 is 5.48. The Morgan fingerprint density at radius 3 is 1.85 bits per heavy atom. The minimum absolute atomic E-state index is 0.188. The molecule has 1 aliphatic heterocycles. The van der Waals surface area contributed by atoms with Gasteiger partial charge in [-0.3, -0.25) is 4.90 Å². The molecule has 1 heterocycles. The van der Waals surface area contributed by atoms with E-state index >= 15 is 0 Å². The van der Waals surface area contributed by atoms with Crippen LogP contribution in [0.5, 0.6) is 0 Å². The topological polar surface area (TPSA) is 32.8 Å². The van der Waals surface area contributed by atoms with E-state index in [0.29, 0.717) is 12.1 Å². The van der Waals surface area contributed by atoms with Gasteiger partial charge in [0.05, 0.1) is 0 Å². The normalized spacial score (nSPS) is 25.7. The molecule has 1 saturated heterocycles. The van der Waals surface area contributed by atoms with Gasteiger partial charge in [0.25, 0.3) is 0 Å². The van der Waals surface area contributed by atoms with Gasteiger partial charge >= 0.3 is 6.09 Å². The van der Waals surface area contributed by atoms with Gasteiger partial charge in [0.2, 0.25) is 0 Å². The SMILES string of the molecule is C[C@@H]1CN(C(=O)OC(C)(C)C)C[C@H](C)N1CC(C)(C)C. The Labute approximate surface area is 124 Å². The molecule has 0 radical (unpaired) electrons. The van der Waals surface area contributed by atoms with Crippen molar-refractivity contribution in [2.24, 2.45) is 5.41 Å². The summed E-state index contributed by atoms with van der Waals surface area (Å²) in [6.07, 6.45) is -0.188. The van der Waals surface area contributed by atoms with Gasteiger partial charge in [-0.1, -0.05) is 20.8 Å². The summed E-state index contributed by atoms with van der Waals surface area (Å²) in [7, 11) is 0. The maximum absolute atomic E-state index is 12.2. The van der Waals surface area contributed by atoms with Crippen molar-refractivity contribution in [3.8, 4) is 0 Å². The molecule has 0 bridgehead atoms. The Bertz CT molecular complexity index is 329. The van der Waals surface area contributed by atoms with Crippen LogP contribution in [0.4, 0.5) is 4.79 Å². The summed E-state index contributed by atoms with van der Waals surface area (Å²) in [5.74, 6) is 0. The molecule has 1 rings (SSSR count). The van der Waals surface area contributed by atoms with Crippen molar-refractivity contribution in [2.45, 2.75) is 73.1 Å². The zero-order chi connectivity index (χ0) is 15.7. The Morgan fingerprint density at radius 1 is 1.05 bits per heavy atom. The molecule has 0 aliphatic carbocycles. The van der Waals surface area contributed by atoms with Crippen LogP contribution in [0.25, 0.3) is 0 Å². The number of hydrogen-bond donors (Lipinski definition) is 0. The molecule has 0 spiro atoms. The third-order valence-corrected chi connectivity index (χ3v) is 3.41. The highest BCUT2D eigenvalue weighted by Crippen LogP contribution is 2.24. The molecule has 1 fully saturated rings. The van der Waals surface area contributed by atoms with E-state index in [1.807, 2.05) is 25.7 Å². The fraction of sp³-hybridized carbons (Fsp3) is 0.938. The average molecular weight is 284 g/mol. The number of carbonyl (C=O) groups is 1. The van der Waals surface area contributed by atoms with Crippen LogP contribution in [0, 0.1) is 5.41 Å². The molecule has 0 aromatic heterocycles. The highest BCUT2D eigenvalue weighted by atomic mass is 16.6. The molecule has 118 valence electrons. The molecule has 0 N–H and O–H groups in total. The van der Waals surface area contributed by atoms with Gasteiger partial charge in [-0.15, -0.1) is 0 Å².